The second-order valence-electron chi connectivity index (χ2n) is 6.15. The molecule has 1 aliphatic rings. The summed E-state index contributed by atoms with van der Waals surface area (Å²) in [5.74, 6) is 0.188. The Kier molecular flexibility index (Phi) is 5.28. The third kappa shape index (κ3) is 4.35. The Labute approximate surface area is 146 Å². The van der Waals surface area contributed by atoms with Crippen molar-refractivity contribution in [1.29, 1.82) is 0 Å². The second-order valence-corrected chi connectivity index (χ2v) is 6.15. The van der Waals surface area contributed by atoms with E-state index < -0.39 is 0 Å². The number of aromatic nitrogens is 1. The van der Waals surface area contributed by atoms with Crippen molar-refractivity contribution in [3.8, 4) is 5.75 Å². The van der Waals surface area contributed by atoms with Crippen LogP contribution in [0.4, 0.5) is 0 Å². The van der Waals surface area contributed by atoms with Crippen LogP contribution in [0, 0.1) is 5.92 Å². The van der Waals surface area contributed by atoms with Crippen LogP contribution in [-0.2, 0) is 11.4 Å². The normalized spacial score (nSPS) is 15.0. The maximum atomic E-state index is 12.6. The summed E-state index contributed by atoms with van der Waals surface area (Å²) >= 11 is 0. The van der Waals surface area contributed by atoms with Gasteiger partial charge in [0.2, 0.25) is 5.91 Å². The van der Waals surface area contributed by atoms with Crippen molar-refractivity contribution in [3.63, 3.8) is 0 Å². The summed E-state index contributed by atoms with van der Waals surface area (Å²) in [5, 5.41) is 0. The molecule has 1 aromatic carbocycles. The van der Waals surface area contributed by atoms with Crippen LogP contribution >= 0.6 is 0 Å². The van der Waals surface area contributed by atoms with Crippen molar-refractivity contribution in [1.82, 2.24) is 9.88 Å². The SMILES string of the molecule is NC(=O)C1CCN(C(=O)c2cccc(OCc3cccnc3)c2)CC1. The van der Waals surface area contributed by atoms with Gasteiger partial charge in [0.25, 0.3) is 5.91 Å². The van der Waals surface area contributed by atoms with Crippen molar-refractivity contribution < 1.29 is 14.3 Å². The summed E-state index contributed by atoms with van der Waals surface area (Å²) in [7, 11) is 0. The number of carbonyl (C=O) groups excluding carboxylic acids is 2. The quantitative estimate of drug-likeness (QED) is 0.903. The van der Waals surface area contributed by atoms with Gasteiger partial charge in [0.1, 0.15) is 12.4 Å². The smallest absolute Gasteiger partial charge is 0.253 e. The first-order valence-electron chi connectivity index (χ1n) is 8.34. The number of hydrogen-bond acceptors (Lipinski definition) is 4. The fourth-order valence-electron chi connectivity index (χ4n) is 2.92. The molecule has 1 fully saturated rings. The molecule has 1 aliphatic heterocycles. The minimum absolute atomic E-state index is 0.0465. The van der Waals surface area contributed by atoms with E-state index in [9.17, 15) is 9.59 Å². The largest absolute Gasteiger partial charge is 0.489 e. The molecule has 0 unspecified atom stereocenters. The average Bonchev–Trinajstić information content (AvgIpc) is 2.67. The van der Waals surface area contributed by atoms with Gasteiger partial charge in [0.05, 0.1) is 0 Å². The van der Waals surface area contributed by atoms with Crippen LogP contribution in [0.1, 0.15) is 28.8 Å². The highest BCUT2D eigenvalue weighted by molar-refractivity contribution is 5.94. The van der Waals surface area contributed by atoms with E-state index in [4.69, 9.17) is 10.5 Å². The number of nitrogens with zero attached hydrogens (tertiary/aromatic N) is 2. The standard InChI is InChI=1S/C19H21N3O3/c20-18(23)15-6-9-22(10-7-15)19(24)16-4-1-5-17(11-16)25-13-14-3-2-8-21-12-14/h1-5,8,11-12,15H,6-7,9-10,13H2,(H2,20,23). The van der Waals surface area contributed by atoms with Crippen molar-refractivity contribution in [2.24, 2.45) is 11.7 Å². The zero-order valence-electron chi connectivity index (χ0n) is 13.9. The van der Waals surface area contributed by atoms with Crippen LogP contribution in [0.3, 0.4) is 0 Å². The molecule has 6 nitrogen and oxygen atoms in total. The Balaban J connectivity index is 1.61. The summed E-state index contributed by atoms with van der Waals surface area (Å²) in [6, 6.07) is 11.0. The van der Waals surface area contributed by atoms with E-state index in [0.717, 1.165) is 5.56 Å². The molecule has 1 saturated heterocycles. The number of nitrogens with two attached hydrogens (primary N) is 1. The Morgan fingerprint density at radius 3 is 2.68 bits per heavy atom. The lowest BCUT2D eigenvalue weighted by atomic mass is 9.96. The fraction of sp³-hybridized carbons (Fsp3) is 0.316. The van der Waals surface area contributed by atoms with Gasteiger partial charge in [-0.25, -0.2) is 0 Å². The van der Waals surface area contributed by atoms with Gasteiger partial charge >= 0.3 is 0 Å². The summed E-state index contributed by atoms with van der Waals surface area (Å²) in [6.07, 6.45) is 4.71. The number of hydrogen-bond donors (Lipinski definition) is 1. The van der Waals surface area contributed by atoms with Crippen molar-refractivity contribution in [3.05, 3.63) is 59.9 Å². The van der Waals surface area contributed by atoms with E-state index in [-0.39, 0.29) is 17.7 Å². The third-order valence-corrected chi connectivity index (χ3v) is 4.39. The fourth-order valence-corrected chi connectivity index (χ4v) is 2.92. The maximum absolute atomic E-state index is 12.6. The molecule has 0 saturated carbocycles. The lowest BCUT2D eigenvalue weighted by Gasteiger charge is -2.30. The number of piperidine rings is 1. The van der Waals surface area contributed by atoms with Crippen molar-refractivity contribution >= 4 is 11.8 Å². The maximum Gasteiger partial charge on any atom is 0.253 e. The van der Waals surface area contributed by atoms with Crippen molar-refractivity contribution in [2.45, 2.75) is 19.4 Å². The van der Waals surface area contributed by atoms with Gasteiger partial charge in [-0.15, -0.1) is 0 Å². The molecule has 0 spiro atoms. The van der Waals surface area contributed by atoms with Gasteiger partial charge in [-0.3, -0.25) is 14.6 Å². The molecule has 2 heterocycles. The van der Waals surface area contributed by atoms with Crippen LogP contribution in [0.25, 0.3) is 0 Å². The Bertz CT molecular complexity index is 741. The monoisotopic (exact) mass is 339 g/mol. The van der Waals surface area contributed by atoms with Gasteiger partial charge in [-0.2, -0.15) is 0 Å². The lowest BCUT2D eigenvalue weighted by Crippen LogP contribution is -2.41. The Morgan fingerprint density at radius 2 is 2.00 bits per heavy atom. The second kappa shape index (κ2) is 7.79. The third-order valence-electron chi connectivity index (χ3n) is 4.39. The van der Waals surface area contributed by atoms with Crippen LogP contribution in [-0.4, -0.2) is 34.8 Å². The molecular formula is C19H21N3O3. The number of benzene rings is 1. The highest BCUT2D eigenvalue weighted by Gasteiger charge is 2.26. The first kappa shape index (κ1) is 17.0. The van der Waals surface area contributed by atoms with Gasteiger partial charge in [-0.1, -0.05) is 12.1 Å². The Morgan fingerprint density at radius 1 is 1.20 bits per heavy atom. The van der Waals surface area contributed by atoms with Gasteiger partial charge < -0.3 is 15.4 Å². The highest BCUT2D eigenvalue weighted by atomic mass is 16.5. The topological polar surface area (TPSA) is 85.5 Å². The first-order chi connectivity index (χ1) is 12.1. The molecule has 25 heavy (non-hydrogen) atoms. The van der Waals surface area contributed by atoms with E-state index in [2.05, 4.69) is 4.98 Å². The molecule has 2 N–H and O–H groups in total. The first-order valence-corrected chi connectivity index (χ1v) is 8.34. The molecule has 0 aliphatic carbocycles. The molecule has 3 rings (SSSR count). The number of likely N-dealkylation sites (tertiary alicyclic amines) is 1. The number of carbonyl (C=O) groups is 2. The molecule has 1 aromatic heterocycles. The van der Waals surface area contributed by atoms with Gasteiger partial charge in [0.15, 0.2) is 0 Å². The van der Waals surface area contributed by atoms with Crippen LogP contribution in [0.5, 0.6) is 5.75 Å². The van der Waals surface area contributed by atoms with Crippen molar-refractivity contribution in [2.75, 3.05) is 13.1 Å². The molecule has 2 amide bonds. The molecular weight excluding hydrogens is 318 g/mol. The van der Waals surface area contributed by atoms with E-state index in [1.165, 1.54) is 0 Å². The highest BCUT2D eigenvalue weighted by Crippen LogP contribution is 2.21. The van der Waals surface area contributed by atoms with Crippen LogP contribution in [0.15, 0.2) is 48.8 Å². The molecule has 6 heteroatoms. The zero-order chi connectivity index (χ0) is 17.6. The molecule has 0 bridgehead atoms. The van der Waals surface area contributed by atoms with E-state index >= 15 is 0 Å². The summed E-state index contributed by atoms with van der Waals surface area (Å²) in [4.78, 5) is 29.7. The van der Waals surface area contributed by atoms with Gasteiger partial charge in [-0.05, 0) is 37.1 Å². The van der Waals surface area contributed by atoms with E-state index in [1.807, 2.05) is 24.3 Å². The average molecular weight is 339 g/mol. The number of primary amides is 1. The minimum Gasteiger partial charge on any atom is -0.489 e. The number of rotatable bonds is 5. The van der Waals surface area contributed by atoms with E-state index in [0.29, 0.717) is 43.9 Å². The minimum atomic E-state index is -0.280. The van der Waals surface area contributed by atoms with Crippen LogP contribution in [0.2, 0.25) is 0 Å². The predicted octanol–water partition coefficient (Wildman–Crippen LogP) is 2.00. The molecule has 130 valence electrons. The molecule has 0 atom stereocenters. The van der Waals surface area contributed by atoms with Gasteiger partial charge in [0, 0.05) is 42.5 Å². The molecule has 2 aromatic rings. The predicted molar refractivity (Wildman–Crippen MR) is 92.8 cm³/mol. The number of pyridine rings is 1. The summed E-state index contributed by atoms with van der Waals surface area (Å²) < 4.78 is 5.75. The number of ether oxygens (including phenoxy) is 1. The zero-order valence-corrected chi connectivity index (χ0v) is 13.9. The Hall–Kier alpha value is -2.89. The molecule has 0 radical (unpaired) electrons. The van der Waals surface area contributed by atoms with E-state index in [1.54, 1.807) is 29.4 Å². The lowest BCUT2D eigenvalue weighted by molar-refractivity contribution is -0.123. The summed E-state index contributed by atoms with van der Waals surface area (Å²) in [5.41, 5.74) is 6.89. The number of amides is 2. The summed E-state index contributed by atoms with van der Waals surface area (Å²) in [6.45, 7) is 1.50. The van der Waals surface area contributed by atoms with Crippen LogP contribution < -0.4 is 10.5 Å².